The molecule has 0 aromatic rings. The van der Waals surface area contributed by atoms with Crippen LogP contribution in [0.25, 0.3) is 0 Å². The number of carbonyl (C=O) groups excluding carboxylic acids is 1. The number of nitriles is 1. The monoisotopic (exact) mass is 211 g/mol. The molecular weight excluding hydrogens is 194 g/mol. The largest absolute Gasteiger partial charge is 0.320 e. The van der Waals surface area contributed by atoms with Gasteiger partial charge in [-0.05, 0) is 5.92 Å². The van der Waals surface area contributed by atoms with Gasteiger partial charge in [-0.25, -0.2) is 5.06 Å². The molecule has 0 bridgehead atoms. The second-order valence-electron chi connectivity index (χ2n) is 3.84. The van der Waals surface area contributed by atoms with Gasteiger partial charge in [0.1, 0.15) is 6.04 Å². The van der Waals surface area contributed by atoms with Gasteiger partial charge in [0.05, 0.1) is 18.7 Å². The van der Waals surface area contributed by atoms with Crippen LogP contribution in [0.5, 0.6) is 0 Å². The van der Waals surface area contributed by atoms with E-state index in [1.807, 2.05) is 19.9 Å². The fraction of sp³-hybridized carbons (Fsp3) is 0.800. The SMILES string of the molecule is CCC(C)[C@H](N)C(=O)N1OCCC1C#N. The highest BCUT2D eigenvalue weighted by Crippen LogP contribution is 2.17. The van der Waals surface area contributed by atoms with Gasteiger partial charge in [-0.1, -0.05) is 20.3 Å². The summed E-state index contributed by atoms with van der Waals surface area (Å²) in [5.41, 5.74) is 5.79. The Morgan fingerprint density at radius 1 is 1.80 bits per heavy atom. The van der Waals surface area contributed by atoms with Gasteiger partial charge < -0.3 is 5.73 Å². The molecule has 1 heterocycles. The number of hydrogen-bond acceptors (Lipinski definition) is 4. The molecule has 0 saturated carbocycles. The van der Waals surface area contributed by atoms with E-state index in [4.69, 9.17) is 15.8 Å². The second-order valence-corrected chi connectivity index (χ2v) is 3.84. The van der Waals surface area contributed by atoms with Crippen LogP contribution < -0.4 is 5.73 Å². The topological polar surface area (TPSA) is 79.3 Å². The predicted molar refractivity (Wildman–Crippen MR) is 54.2 cm³/mol. The van der Waals surface area contributed by atoms with Crippen LogP contribution in [0, 0.1) is 17.2 Å². The third-order valence-electron chi connectivity index (χ3n) is 2.81. The minimum absolute atomic E-state index is 0.0982. The lowest BCUT2D eigenvalue weighted by molar-refractivity contribution is -0.175. The number of amides is 1. The molecule has 0 aliphatic carbocycles. The molecule has 5 nitrogen and oxygen atoms in total. The summed E-state index contributed by atoms with van der Waals surface area (Å²) in [4.78, 5) is 17.0. The van der Waals surface area contributed by atoms with Crippen molar-refractivity contribution < 1.29 is 9.63 Å². The summed E-state index contributed by atoms with van der Waals surface area (Å²) in [7, 11) is 0. The summed E-state index contributed by atoms with van der Waals surface area (Å²) < 4.78 is 0. The molecule has 1 aliphatic rings. The third-order valence-corrected chi connectivity index (χ3v) is 2.81. The molecular formula is C10H17N3O2. The van der Waals surface area contributed by atoms with Gasteiger partial charge in [0.2, 0.25) is 0 Å². The lowest BCUT2D eigenvalue weighted by Crippen LogP contribution is -2.47. The van der Waals surface area contributed by atoms with Gasteiger partial charge in [0, 0.05) is 6.42 Å². The quantitative estimate of drug-likeness (QED) is 0.733. The molecule has 0 aromatic carbocycles. The molecule has 1 amide bonds. The zero-order valence-electron chi connectivity index (χ0n) is 9.14. The van der Waals surface area contributed by atoms with Gasteiger partial charge in [0.15, 0.2) is 0 Å². The maximum absolute atomic E-state index is 11.8. The van der Waals surface area contributed by atoms with Crippen LogP contribution in [0.2, 0.25) is 0 Å². The lowest BCUT2D eigenvalue weighted by Gasteiger charge is -2.24. The van der Waals surface area contributed by atoms with Gasteiger partial charge in [-0.2, -0.15) is 5.26 Å². The van der Waals surface area contributed by atoms with E-state index in [0.29, 0.717) is 13.0 Å². The summed E-state index contributed by atoms with van der Waals surface area (Å²) >= 11 is 0. The van der Waals surface area contributed by atoms with Crippen molar-refractivity contribution in [1.29, 1.82) is 5.26 Å². The van der Waals surface area contributed by atoms with Crippen LogP contribution in [-0.2, 0) is 9.63 Å². The average Bonchev–Trinajstić information content (AvgIpc) is 2.73. The van der Waals surface area contributed by atoms with Crippen molar-refractivity contribution in [3.63, 3.8) is 0 Å². The first kappa shape index (κ1) is 12.0. The predicted octanol–water partition coefficient (Wildman–Crippen LogP) is 0.416. The van der Waals surface area contributed by atoms with Gasteiger partial charge in [-0.15, -0.1) is 0 Å². The smallest absolute Gasteiger partial charge is 0.264 e. The van der Waals surface area contributed by atoms with E-state index in [0.717, 1.165) is 11.5 Å². The fourth-order valence-electron chi connectivity index (χ4n) is 1.45. The molecule has 1 aliphatic heterocycles. The Labute approximate surface area is 89.7 Å². The first-order valence-corrected chi connectivity index (χ1v) is 5.23. The summed E-state index contributed by atoms with van der Waals surface area (Å²) in [5.74, 6) is -0.186. The molecule has 2 unspecified atom stereocenters. The highest BCUT2D eigenvalue weighted by Gasteiger charge is 2.34. The van der Waals surface area contributed by atoms with Crippen LogP contribution in [0.15, 0.2) is 0 Å². The molecule has 0 spiro atoms. The van der Waals surface area contributed by atoms with E-state index >= 15 is 0 Å². The van der Waals surface area contributed by atoms with Crippen LogP contribution in [0.1, 0.15) is 26.7 Å². The molecule has 2 N–H and O–H groups in total. The maximum atomic E-state index is 11.8. The lowest BCUT2D eigenvalue weighted by atomic mass is 9.99. The van der Waals surface area contributed by atoms with Crippen molar-refractivity contribution in [2.45, 2.75) is 38.8 Å². The van der Waals surface area contributed by atoms with Gasteiger partial charge in [0.25, 0.3) is 5.91 Å². The van der Waals surface area contributed by atoms with E-state index in [9.17, 15) is 4.79 Å². The van der Waals surface area contributed by atoms with E-state index in [1.165, 1.54) is 0 Å². The van der Waals surface area contributed by atoms with Crippen molar-refractivity contribution in [2.75, 3.05) is 6.61 Å². The number of hydroxylamine groups is 2. The van der Waals surface area contributed by atoms with Crippen molar-refractivity contribution in [2.24, 2.45) is 11.7 Å². The second kappa shape index (κ2) is 5.10. The molecule has 1 rings (SSSR count). The van der Waals surface area contributed by atoms with Crippen LogP contribution in [-0.4, -0.2) is 29.7 Å². The van der Waals surface area contributed by atoms with Gasteiger partial charge >= 0.3 is 0 Å². The van der Waals surface area contributed by atoms with Crippen molar-refractivity contribution >= 4 is 5.91 Å². The molecule has 3 atom stereocenters. The maximum Gasteiger partial charge on any atom is 0.264 e. The van der Waals surface area contributed by atoms with E-state index in [2.05, 4.69) is 0 Å². The molecule has 84 valence electrons. The Morgan fingerprint density at radius 3 is 3.00 bits per heavy atom. The summed E-state index contributed by atoms with van der Waals surface area (Å²) in [6.45, 7) is 4.31. The van der Waals surface area contributed by atoms with Crippen LogP contribution in [0.3, 0.4) is 0 Å². The Balaban J connectivity index is 2.64. The highest BCUT2D eigenvalue weighted by atomic mass is 16.7. The Bertz CT molecular complexity index is 274. The zero-order chi connectivity index (χ0) is 11.4. The Kier molecular flexibility index (Phi) is 4.06. The van der Waals surface area contributed by atoms with Crippen molar-refractivity contribution in [1.82, 2.24) is 5.06 Å². The molecule has 0 aromatic heterocycles. The molecule has 15 heavy (non-hydrogen) atoms. The van der Waals surface area contributed by atoms with Crippen molar-refractivity contribution in [3.8, 4) is 6.07 Å². The van der Waals surface area contributed by atoms with Crippen LogP contribution >= 0.6 is 0 Å². The number of rotatable bonds is 3. The number of hydrogen-bond donors (Lipinski definition) is 1. The summed E-state index contributed by atoms with van der Waals surface area (Å²) in [6.07, 6.45) is 1.40. The number of nitrogens with zero attached hydrogens (tertiary/aromatic N) is 2. The van der Waals surface area contributed by atoms with Gasteiger partial charge in [-0.3, -0.25) is 9.63 Å². The highest BCUT2D eigenvalue weighted by molar-refractivity contribution is 5.81. The fourth-order valence-corrected chi connectivity index (χ4v) is 1.45. The summed E-state index contributed by atoms with van der Waals surface area (Å²) in [6, 6.07) is 0.973. The molecule has 1 saturated heterocycles. The Hall–Kier alpha value is -1.12. The average molecular weight is 211 g/mol. The van der Waals surface area contributed by atoms with E-state index in [-0.39, 0.29) is 11.8 Å². The number of carbonyl (C=O) groups is 1. The minimum Gasteiger partial charge on any atom is -0.320 e. The normalized spacial score (nSPS) is 24.7. The Morgan fingerprint density at radius 2 is 2.47 bits per heavy atom. The van der Waals surface area contributed by atoms with E-state index < -0.39 is 12.1 Å². The van der Waals surface area contributed by atoms with E-state index in [1.54, 1.807) is 0 Å². The zero-order valence-corrected chi connectivity index (χ0v) is 9.14. The van der Waals surface area contributed by atoms with Crippen molar-refractivity contribution in [3.05, 3.63) is 0 Å². The standard InChI is InChI=1S/C10H17N3O2/c1-3-7(2)9(12)10(14)13-8(6-11)4-5-15-13/h7-9H,3-5,12H2,1-2H3/t7?,8?,9-/m0/s1. The molecule has 1 fully saturated rings. The third kappa shape index (κ3) is 2.46. The first-order valence-electron chi connectivity index (χ1n) is 5.23. The summed E-state index contributed by atoms with van der Waals surface area (Å²) in [5, 5.41) is 9.93. The molecule has 5 heteroatoms. The number of nitrogens with two attached hydrogens (primary N) is 1. The van der Waals surface area contributed by atoms with Crippen LogP contribution in [0.4, 0.5) is 0 Å². The first-order chi connectivity index (χ1) is 7.11. The molecule has 0 radical (unpaired) electrons. The minimum atomic E-state index is -0.580.